The second-order valence-electron chi connectivity index (χ2n) is 6.41. The minimum Gasteiger partial charge on any atom is -0.465 e. The van der Waals surface area contributed by atoms with Gasteiger partial charge in [0.2, 0.25) is 11.8 Å². The first-order chi connectivity index (χ1) is 13.1. The van der Waals surface area contributed by atoms with Gasteiger partial charge in [-0.1, -0.05) is 18.2 Å². The first-order valence-electron chi connectivity index (χ1n) is 8.85. The molecule has 0 spiro atoms. The van der Waals surface area contributed by atoms with Crippen molar-refractivity contribution in [1.29, 1.82) is 0 Å². The van der Waals surface area contributed by atoms with Gasteiger partial charge in [0, 0.05) is 18.0 Å². The van der Waals surface area contributed by atoms with E-state index in [9.17, 15) is 14.4 Å². The third kappa shape index (κ3) is 4.74. The summed E-state index contributed by atoms with van der Waals surface area (Å²) in [6.45, 7) is 0.972. The minimum atomic E-state index is -0.410. The zero-order valence-electron chi connectivity index (χ0n) is 15.1. The van der Waals surface area contributed by atoms with Gasteiger partial charge >= 0.3 is 5.97 Å². The molecule has 142 valence electrons. The van der Waals surface area contributed by atoms with E-state index < -0.39 is 12.0 Å². The van der Waals surface area contributed by atoms with Gasteiger partial charge in [-0.05, 0) is 42.0 Å². The molecular formula is C20H22N2O4S. The number of esters is 1. The van der Waals surface area contributed by atoms with E-state index in [1.807, 2.05) is 17.5 Å². The first-order valence-corrected chi connectivity index (χ1v) is 9.73. The van der Waals surface area contributed by atoms with Crippen LogP contribution in [0.25, 0.3) is 0 Å². The van der Waals surface area contributed by atoms with E-state index in [2.05, 4.69) is 10.1 Å². The van der Waals surface area contributed by atoms with Gasteiger partial charge < -0.3 is 15.0 Å². The van der Waals surface area contributed by atoms with E-state index in [-0.39, 0.29) is 11.8 Å². The van der Waals surface area contributed by atoms with Gasteiger partial charge in [0.1, 0.15) is 6.04 Å². The molecule has 0 radical (unpaired) electrons. The molecule has 7 heteroatoms. The van der Waals surface area contributed by atoms with Crippen LogP contribution in [0.3, 0.4) is 0 Å². The van der Waals surface area contributed by atoms with Gasteiger partial charge in [-0.3, -0.25) is 9.59 Å². The summed E-state index contributed by atoms with van der Waals surface area (Å²) in [5.74, 6) is -0.530. The van der Waals surface area contributed by atoms with E-state index in [0.29, 0.717) is 31.5 Å². The molecule has 0 saturated carbocycles. The highest BCUT2D eigenvalue weighted by Gasteiger charge is 2.33. The number of nitrogens with zero attached hydrogens (tertiary/aromatic N) is 1. The number of hydrogen-bond acceptors (Lipinski definition) is 5. The van der Waals surface area contributed by atoms with Crippen LogP contribution in [0.4, 0.5) is 0 Å². The summed E-state index contributed by atoms with van der Waals surface area (Å²) >= 11 is 1.55. The highest BCUT2D eigenvalue weighted by molar-refractivity contribution is 7.10. The van der Waals surface area contributed by atoms with Crippen molar-refractivity contribution in [2.45, 2.75) is 31.8 Å². The number of benzene rings is 1. The second kappa shape index (κ2) is 8.81. The molecule has 6 nitrogen and oxygen atoms in total. The number of hydrogen-bond donors (Lipinski definition) is 1. The fourth-order valence-corrected chi connectivity index (χ4v) is 3.88. The lowest BCUT2D eigenvalue weighted by Crippen LogP contribution is -2.46. The van der Waals surface area contributed by atoms with Crippen molar-refractivity contribution in [3.8, 4) is 0 Å². The Hall–Kier alpha value is -2.67. The largest absolute Gasteiger partial charge is 0.465 e. The summed E-state index contributed by atoms with van der Waals surface area (Å²) in [6.07, 6.45) is 1.86. The average Bonchev–Trinajstić information content (AvgIpc) is 3.37. The summed E-state index contributed by atoms with van der Waals surface area (Å²) in [5.41, 5.74) is 1.35. The summed E-state index contributed by atoms with van der Waals surface area (Å²) in [5, 5.41) is 4.85. The summed E-state index contributed by atoms with van der Waals surface area (Å²) in [6, 6.07) is 10.3. The van der Waals surface area contributed by atoms with Crippen LogP contribution in [0.5, 0.6) is 0 Å². The highest BCUT2D eigenvalue weighted by atomic mass is 32.1. The molecule has 0 bridgehead atoms. The monoisotopic (exact) mass is 386 g/mol. The number of carbonyl (C=O) groups excluding carboxylic acids is 3. The maximum atomic E-state index is 12.6. The molecule has 1 unspecified atom stereocenters. The Morgan fingerprint density at radius 3 is 2.67 bits per heavy atom. The van der Waals surface area contributed by atoms with Gasteiger partial charge in [-0.25, -0.2) is 4.79 Å². The summed E-state index contributed by atoms with van der Waals surface area (Å²) in [4.78, 5) is 39.3. The van der Waals surface area contributed by atoms with Crippen LogP contribution < -0.4 is 5.32 Å². The van der Waals surface area contributed by atoms with Crippen molar-refractivity contribution in [3.63, 3.8) is 0 Å². The third-order valence-corrected chi connectivity index (χ3v) is 5.50. The van der Waals surface area contributed by atoms with Crippen LogP contribution in [-0.4, -0.2) is 42.4 Å². The quantitative estimate of drug-likeness (QED) is 0.774. The molecule has 3 rings (SSSR count). The molecule has 1 aromatic heterocycles. The van der Waals surface area contributed by atoms with Gasteiger partial charge in [-0.15, -0.1) is 11.3 Å². The topological polar surface area (TPSA) is 75.7 Å². The van der Waals surface area contributed by atoms with Crippen molar-refractivity contribution in [2.75, 3.05) is 13.7 Å². The smallest absolute Gasteiger partial charge is 0.337 e. The lowest BCUT2D eigenvalue weighted by molar-refractivity contribution is -0.138. The second-order valence-corrected chi connectivity index (χ2v) is 7.44. The highest BCUT2D eigenvalue weighted by Crippen LogP contribution is 2.20. The van der Waals surface area contributed by atoms with Crippen molar-refractivity contribution in [2.24, 2.45) is 0 Å². The molecule has 1 aliphatic rings. The molecule has 2 heterocycles. The maximum absolute atomic E-state index is 12.6. The number of thiophene rings is 1. The van der Waals surface area contributed by atoms with Gasteiger partial charge in [0.15, 0.2) is 0 Å². The molecule has 1 saturated heterocycles. The first kappa shape index (κ1) is 19.1. The van der Waals surface area contributed by atoms with Crippen molar-refractivity contribution in [1.82, 2.24) is 10.2 Å². The fourth-order valence-electron chi connectivity index (χ4n) is 3.19. The Labute approximate surface area is 162 Å². The van der Waals surface area contributed by atoms with Crippen LogP contribution in [0.2, 0.25) is 0 Å². The molecule has 0 aliphatic carbocycles. The molecule has 1 aliphatic heterocycles. The van der Waals surface area contributed by atoms with Crippen molar-refractivity contribution < 1.29 is 19.1 Å². The summed E-state index contributed by atoms with van der Waals surface area (Å²) in [7, 11) is 1.34. The van der Waals surface area contributed by atoms with E-state index in [0.717, 1.165) is 16.9 Å². The van der Waals surface area contributed by atoms with E-state index >= 15 is 0 Å². The van der Waals surface area contributed by atoms with E-state index in [4.69, 9.17) is 0 Å². The Kier molecular flexibility index (Phi) is 6.24. The number of methoxy groups -OCH3 is 1. The number of carbonyl (C=O) groups is 3. The van der Waals surface area contributed by atoms with Gasteiger partial charge in [-0.2, -0.15) is 0 Å². The summed E-state index contributed by atoms with van der Waals surface area (Å²) < 4.78 is 4.67. The minimum absolute atomic E-state index is 0.00229. The lowest BCUT2D eigenvalue weighted by Gasteiger charge is -2.24. The van der Waals surface area contributed by atoms with Gasteiger partial charge in [0.05, 0.1) is 19.1 Å². The molecule has 2 aromatic rings. The molecule has 27 heavy (non-hydrogen) atoms. The Morgan fingerprint density at radius 2 is 2.00 bits per heavy atom. The van der Waals surface area contributed by atoms with Crippen molar-refractivity contribution >= 4 is 29.1 Å². The van der Waals surface area contributed by atoms with Crippen LogP contribution in [0.1, 0.15) is 33.6 Å². The average molecular weight is 386 g/mol. The van der Waals surface area contributed by atoms with Crippen LogP contribution in [0.15, 0.2) is 41.8 Å². The zero-order valence-corrected chi connectivity index (χ0v) is 16.0. The normalized spacial score (nSPS) is 16.2. The fraction of sp³-hybridized carbons (Fsp3) is 0.350. The molecule has 1 N–H and O–H groups in total. The SMILES string of the molecule is COC(=O)c1ccc(CNC(=O)C2CCCN2C(=O)Cc2cccs2)cc1. The predicted molar refractivity (Wildman–Crippen MR) is 102 cm³/mol. The van der Waals surface area contributed by atoms with E-state index in [1.165, 1.54) is 7.11 Å². The number of likely N-dealkylation sites (tertiary alicyclic amines) is 1. The van der Waals surface area contributed by atoms with Crippen molar-refractivity contribution in [3.05, 3.63) is 57.8 Å². The third-order valence-electron chi connectivity index (χ3n) is 4.62. The van der Waals surface area contributed by atoms with E-state index in [1.54, 1.807) is 40.5 Å². The molecule has 2 amide bonds. The van der Waals surface area contributed by atoms with Crippen LogP contribution in [-0.2, 0) is 27.3 Å². The van der Waals surface area contributed by atoms with Gasteiger partial charge in [0.25, 0.3) is 0 Å². The number of nitrogens with one attached hydrogen (secondary N) is 1. The number of rotatable bonds is 6. The molecule has 1 atom stereocenters. The molecular weight excluding hydrogens is 364 g/mol. The lowest BCUT2D eigenvalue weighted by atomic mass is 10.1. The Morgan fingerprint density at radius 1 is 1.22 bits per heavy atom. The molecule has 1 aromatic carbocycles. The van der Waals surface area contributed by atoms with Crippen LogP contribution in [0, 0.1) is 0 Å². The maximum Gasteiger partial charge on any atom is 0.337 e. The zero-order chi connectivity index (χ0) is 19.2. The molecule has 1 fully saturated rings. The Balaban J connectivity index is 1.55. The number of amides is 2. The standard InChI is InChI=1S/C20H22N2O4S/c1-26-20(25)15-8-6-14(7-9-15)13-21-19(24)17-5-2-10-22(17)18(23)12-16-4-3-11-27-16/h3-4,6-9,11,17H,2,5,10,12-13H2,1H3,(H,21,24). The number of ether oxygens (including phenoxy) is 1. The Bertz CT molecular complexity index is 802. The predicted octanol–water partition coefficient (Wildman–Crippen LogP) is 2.38. The van der Waals surface area contributed by atoms with Crippen LogP contribution >= 0.6 is 11.3 Å².